The van der Waals surface area contributed by atoms with Crippen LogP contribution >= 0.6 is 27.6 Å². The highest BCUT2D eigenvalue weighted by Crippen LogP contribution is 2.43. The number of rotatable bonds is 8. The average molecular weight is 557 g/mol. The predicted molar refractivity (Wildman–Crippen MR) is 175 cm³/mol. The molecule has 0 fully saturated rings. The summed E-state index contributed by atoms with van der Waals surface area (Å²) in [7, 11) is -1.02. The fourth-order valence-corrected chi connectivity index (χ4v) is 10.7. The number of hydrogen-bond acceptors (Lipinski definition) is 1. The van der Waals surface area contributed by atoms with Gasteiger partial charge in [-0.05, 0) is 73.1 Å². The van der Waals surface area contributed by atoms with Crippen LogP contribution in [-0.4, -0.2) is 5.66 Å². The Morgan fingerprint density at radius 2 is 0.897 bits per heavy atom. The van der Waals surface area contributed by atoms with Crippen LogP contribution in [0.4, 0.5) is 0 Å². The molecule has 0 spiro atoms. The molecule has 2 unspecified atom stereocenters. The smallest absolute Gasteiger partial charge is 0.0122 e. The summed E-state index contributed by atoms with van der Waals surface area (Å²) >= 11 is 1.84. The summed E-state index contributed by atoms with van der Waals surface area (Å²) in [5.74, 6) is 0. The highest BCUT2D eigenvalue weighted by Gasteiger charge is 2.23. The first kappa shape index (κ1) is 26.0. The molecule has 39 heavy (non-hydrogen) atoms. The minimum Gasteiger partial charge on any atom is -0.0901 e. The van der Waals surface area contributed by atoms with Gasteiger partial charge in [-0.25, -0.2) is 0 Å². The Morgan fingerprint density at radius 1 is 0.462 bits per heavy atom. The lowest BCUT2D eigenvalue weighted by atomic mass is 10.2. The Balaban J connectivity index is 1.22. The lowest BCUT2D eigenvalue weighted by Gasteiger charge is -2.27. The van der Waals surface area contributed by atoms with Gasteiger partial charge in [-0.1, -0.05) is 151 Å². The molecule has 5 aromatic carbocycles. The first-order chi connectivity index (χ1) is 19.3. The van der Waals surface area contributed by atoms with Crippen LogP contribution in [0.15, 0.2) is 174 Å². The molecule has 0 nitrogen and oxygen atoms in total. The van der Waals surface area contributed by atoms with Crippen LogP contribution in [0, 0.1) is 0 Å². The van der Waals surface area contributed by atoms with E-state index in [0.717, 1.165) is 6.42 Å². The van der Waals surface area contributed by atoms with Crippen LogP contribution in [0.2, 0.25) is 0 Å². The molecule has 0 N–H and O–H groups in total. The van der Waals surface area contributed by atoms with Crippen LogP contribution < -0.4 is 26.5 Å². The van der Waals surface area contributed by atoms with Crippen molar-refractivity contribution in [3.8, 4) is 0 Å². The SMILES string of the molecule is C1=CCC(P(c2ccccc2)c2ccc(Sc3ccc(P(c4ccccc4)c4ccccc4)cc3)cc2)C=C1. The van der Waals surface area contributed by atoms with E-state index in [1.165, 1.54) is 36.3 Å². The fourth-order valence-electron chi connectivity index (χ4n) is 4.96. The predicted octanol–water partition coefficient (Wildman–Crippen LogP) is 7.91. The molecule has 1 aliphatic rings. The zero-order chi connectivity index (χ0) is 26.3. The van der Waals surface area contributed by atoms with E-state index in [0.29, 0.717) is 5.66 Å². The summed E-state index contributed by atoms with van der Waals surface area (Å²) in [6, 6.07) is 51.3. The van der Waals surface area contributed by atoms with Gasteiger partial charge in [0.25, 0.3) is 0 Å². The Labute approximate surface area is 239 Å². The molecule has 0 bridgehead atoms. The number of hydrogen-bond donors (Lipinski definition) is 0. The van der Waals surface area contributed by atoms with E-state index in [-0.39, 0.29) is 0 Å². The molecule has 190 valence electrons. The summed E-state index contributed by atoms with van der Waals surface area (Å²) in [6.07, 6.45) is 10.2. The van der Waals surface area contributed by atoms with Crippen LogP contribution in [0.3, 0.4) is 0 Å². The maximum Gasteiger partial charge on any atom is 0.0122 e. The molecule has 2 atom stereocenters. The second-order valence-electron chi connectivity index (χ2n) is 9.42. The van der Waals surface area contributed by atoms with Crippen molar-refractivity contribution in [2.75, 3.05) is 0 Å². The maximum atomic E-state index is 2.39. The topological polar surface area (TPSA) is 0 Å². The lowest BCUT2D eigenvalue weighted by Crippen LogP contribution is -2.20. The third-order valence-electron chi connectivity index (χ3n) is 6.80. The van der Waals surface area contributed by atoms with Crippen LogP contribution in [-0.2, 0) is 0 Å². The van der Waals surface area contributed by atoms with Gasteiger partial charge in [0.05, 0.1) is 0 Å². The van der Waals surface area contributed by atoms with Gasteiger partial charge in [0.15, 0.2) is 0 Å². The molecule has 0 saturated heterocycles. The van der Waals surface area contributed by atoms with E-state index in [9.17, 15) is 0 Å². The summed E-state index contributed by atoms with van der Waals surface area (Å²) in [5.41, 5.74) is 0.544. The second-order valence-corrected chi connectivity index (χ2v) is 15.2. The third-order valence-corrected chi connectivity index (χ3v) is 13.0. The van der Waals surface area contributed by atoms with Crippen molar-refractivity contribution in [1.29, 1.82) is 0 Å². The van der Waals surface area contributed by atoms with Crippen LogP contribution in [0.5, 0.6) is 0 Å². The summed E-state index contributed by atoms with van der Waals surface area (Å²) in [4.78, 5) is 2.55. The standard InChI is InChI=1S/C36H30P2S/c1-5-13-29(14-6-1)37(30-15-7-2-8-16-30)33-21-25-35(26-22-33)39-36-27-23-34(24-28-36)38(31-17-9-3-10-18-31)32-19-11-4-12-20-32/h1-19,21-28,32H,20H2. The van der Waals surface area contributed by atoms with E-state index in [1.807, 2.05) is 11.8 Å². The monoisotopic (exact) mass is 556 g/mol. The molecular weight excluding hydrogens is 526 g/mol. The number of allylic oxidation sites excluding steroid dienone is 4. The zero-order valence-electron chi connectivity index (χ0n) is 21.7. The van der Waals surface area contributed by atoms with Gasteiger partial charge in [0.1, 0.15) is 0 Å². The van der Waals surface area contributed by atoms with Crippen molar-refractivity contribution < 1.29 is 0 Å². The van der Waals surface area contributed by atoms with Gasteiger partial charge in [0, 0.05) is 15.4 Å². The zero-order valence-corrected chi connectivity index (χ0v) is 24.3. The van der Waals surface area contributed by atoms with Crippen molar-refractivity contribution in [1.82, 2.24) is 0 Å². The quantitative estimate of drug-likeness (QED) is 0.175. The van der Waals surface area contributed by atoms with E-state index in [2.05, 4.69) is 164 Å². The minimum absolute atomic E-state index is 0.442. The van der Waals surface area contributed by atoms with Crippen molar-refractivity contribution >= 4 is 54.1 Å². The first-order valence-corrected chi connectivity index (χ1v) is 16.9. The molecule has 0 saturated carbocycles. The van der Waals surface area contributed by atoms with Gasteiger partial charge in [-0.2, -0.15) is 0 Å². The molecule has 0 aromatic heterocycles. The molecule has 0 amide bonds. The van der Waals surface area contributed by atoms with E-state index < -0.39 is 15.8 Å². The van der Waals surface area contributed by atoms with E-state index >= 15 is 0 Å². The van der Waals surface area contributed by atoms with Gasteiger partial charge in [0.2, 0.25) is 0 Å². The van der Waals surface area contributed by atoms with Gasteiger partial charge in [-0.3, -0.25) is 0 Å². The molecular formula is C36H30P2S. The summed E-state index contributed by atoms with van der Waals surface area (Å²) < 4.78 is 0. The first-order valence-electron chi connectivity index (χ1n) is 13.3. The molecule has 3 heteroatoms. The Kier molecular flexibility index (Phi) is 8.52. The van der Waals surface area contributed by atoms with E-state index in [1.54, 1.807) is 0 Å². The summed E-state index contributed by atoms with van der Waals surface area (Å²) in [5, 5.41) is 7.03. The highest BCUT2D eigenvalue weighted by atomic mass is 32.2. The van der Waals surface area contributed by atoms with Gasteiger partial charge < -0.3 is 0 Å². The summed E-state index contributed by atoms with van der Waals surface area (Å²) in [6.45, 7) is 0. The maximum absolute atomic E-state index is 2.39. The molecule has 6 rings (SSSR count). The van der Waals surface area contributed by atoms with E-state index in [4.69, 9.17) is 0 Å². The van der Waals surface area contributed by atoms with Crippen molar-refractivity contribution in [3.63, 3.8) is 0 Å². The average Bonchev–Trinajstić information content (AvgIpc) is 3.01. The number of benzene rings is 5. The molecule has 0 heterocycles. The van der Waals surface area contributed by atoms with Crippen molar-refractivity contribution in [2.24, 2.45) is 0 Å². The Bertz CT molecular complexity index is 1490. The Hall–Kier alpha value is -3.21. The van der Waals surface area contributed by atoms with Crippen LogP contribution in [0.1, 0.15) is 6.42 Å². The van der Waals surface area contributed by atoms with Gasteiger partial charge in [-0.15, -0.1) is 0 Å². The minimum atomic E-state index is -0.576. The lowest BCUT2D eigenvalue weighted by molar-refractivity contribution is 1.05. The molecule has 5 aromatic rings. The molecule has 0 radical (unpaired) electrons. The third kappa shape index (κ3) is 6.34. The molecule has 0 aliphatic heterocycles. The van der Waals surface area contributed by atoms with Gasteiger partial charge >= 0.3 is 0 Å². The highest BCUT2D eigenvalue weighted by molar-refractivity contribution is 7.99. The normalized spacial score (nSPS) is 15.4. The molecule has 1 aliphatic carbocycles. The fraction of sp³-hybridized carbons (Fsp3) is 0.0556. The Morgan fingerprint density at radius 3 is 1.38 bits per heavy atom. The van der Waals surface area contributed by atoms with Crippen LogP contribution in [0.25, 0.3) is 0 Å². The largest absolute Gasteiger partial charge is 0.0901 e. The second kappa shape index (κ2) is 12.8. The van der Waals surface area contributed by atoms with Crippen molar-refractivity contribution in [2.45, 2.75) is 21.9 Å². The van der Waals surface area contributed by atoms with Crippen molar-refractivity contribution in [3.05, 3.63) is 164 Å².